The van der Waals surface area contributed by atoms with Crippen LogP contribution in [0.5, 0.6) is 11.5 Å². The number of aryl methyl sites for hydroxylation is 1. The first-order valence-electron chi connectivity index (χ1n) is 9.51. The van der Waals surface area contributed by atoms with Crippen LogP contribution in [-0.2, 0) is 9.53 Å². The topological polar surface area (TPSA) is 77.0 Å². The van der Waals surface area contributed by atoms with Gasteiger partial charge in [-0.2, -0.15) is 0 Å². The van der Waals surface area contributed by atoms with Crippen molar-refractivity contribution < 1.29 is 24.1 Å². The average Bonchev–Trinajstić information content (AvgIpc) is 2.73. The minimum Gasteiger partial charge on any atom is -0.485 e. The number of hydrogen-bond acceptors (Lipinski definition) is 6. The van der Waals surface area contributed by atoms with Crippen molar-refractivity contribution in [3.05, 3.63) is 59.2 Å². The van der Waals surface area contributed by atoms with E-state index in [1.165, 1.54) is 7.11 Å². The molecule has 2 N–H and O–H groups in total. The molecule has 1 heterocycles. The number of carbonyl (C=O) groups is 1. The number of esters is 1. The maximum atomic E-state index is 11.6. The summed E-state index contributed by atoms with van der Waals surface area (Å²) in [5, 5.41) is 14.0. The first kappa shape index (κ1) is 20.2. The lowest BCUT2D eigenvalue weighted by atomic mass is 10.0. The molecule has 0 saturated carbocycles. The molecule has 0 aliphatic carbocycles. The van der Waals surface area contributed by atoms with E-state index in [0.29, 0.717) is 18.0 Å². The zero-order chi connectivity index (χ0) is 20.1. The number of ether oxygens (including phenoxy) is 3. The Morgan fingerprint density at radius 3 is 2.79 bits per heavy atom. The van der Waals surface area contributed by atoms with Gasteiger partial charge in [0.15, 0.2) is 11.5 Å². The van der Waals surface area contributed by atoms with Crippen molar-refractivity contribution in [2.24, 2.45) is 0 Å². The Labute approximate surface area is 165 Å². The Balaban J connectivity index is 1.67. The van der Waals surface area contributed by atoms with Crippen LogP contribution in [0.4, 0.5) is 0 Å². The minimum atomic E-state index is -0.743. The summed E-state index contributed by atoms with van der Waals surface area (Å²) in [6.45, 7) is 4.65. The van der Waals surface area contributed by atoms with E-state index in [-0.39, 0.29) is 12.6 Å². The highest BCUT2D eigenvalue weighted by Gasteiger charge is 2.28. The van der Waals surface area contributed by atoms with Gasteiger partial charge in [0.1, 0.15) is 6.61 Å². The van der Waals surface area contributed by atoms with E-state index in [1.54, 1.807) is 0 Å². The van der Waals surface area contributed by atoms with E-state index >= 15 is 0 Å². The van der Waals surface area contributed by atoms with E-state index in [1.807, 2.05) is 49.4 Å². The predicted octanol–water partition coefficient (Wildman–Crippen LogP) is 3.08. The summed E-state index contributed by atoms with van der Waals surface area (Å²) < 4.78 is 16.1. The molecule has 150 valence electrons. The zero-order valence-electron chi connectivity index (χ0n) is 16.5. The number of fused-ring (bicyclic) bond motifs is 1. The highest BCUT2D eigenvalue weighted by Crippen LogP contribution is 2.35. The highest BCUT2D eigenvalue weighted by atomic mass is 16.6. The van der Waals surface area contributed by atoms with Gasteiger partial charge in [0.25, 0.3) is 0 Å². The SMILES string of the molecule is CCC(NCC(O)c1ccccc1C)c1ccc2c(c1)OCC(C(=O)OC)O2. The van der Waals surface area contributed by atoms with Crippen LogP contribution in [0.25, 0.3) is 0 Å². The molecule has 2 aromatic rings. The lowest BCUT2D eigenvalue weighted by Crippen LogP contribution is -2.37. The number of hydrogen-bond donors (Lipinski definition) is 2. The van der Waals surface area contributed by atoms with Crippen LogP contribution >= 0.6 is 0 Å². The standard InChI is InChI=1S/C22H27NO5/c1-4-17(23-12-18(24)16-8-6-5-7-14(16)2)15-9-10-19-20(11-15)27-13-21(28-19)22(25)26-3/h5-11,17-18,21,23-24H,4,12-13H2,1-3H3. The lowest BCUT2D eigenvalue weighted by Gasteiger charge is -2.26. The molecule has 28 heavy (non-hydrogen) atoms. The summed E-state index contributed by atoms with van der Waals surface area (Å²) in [6, 6.07) is 13.6. The Bertz CT molecular complexity index is 822. The maximum absolute atomic E-state index is 11.6. The molecule has 3 unspecified atom stereocenters. The molecule has 0 amide bonds. The molecule has 1 aliphatic rings. The third-order valence-electron chi connectivity index (χ3n) is 5.01. The van der Waals surface area contributed by atoms with Gasteiger partial charge in [-0.25, -0.2) is 4.79 Å². The fourth-order valence-corrected chi connectivity index (χ4v) is 3.37. The number of carbonyl (C=O) groups excluding carboxylic acids is 1. The van der Waals surface area contributed by atoms with Crippen molar-refractivity contribution in [3.8, 4) is 11.5 Å². The molecule has 2 aromatic carbocycles. The Hall–Kier alpha value is -2.57. The molecular formula is C22H27NO5. The van der Waals surface area contributed by atoms with Crippen LogP contribution in [0.15, 0.2) is 42.5 Å². The quantitative estimate of drug-likeness (QED) is 0.714. The third-order valence-corrected chi connectivity index (χ3v) is 5.01. The summed E-state index contributed by atoms with van der Waals surface area (Å²) in [6.07, 6.45) is -0.466. The van der Waals surface area contributed by atoms with E-state index in [9.17, 15) is 9.90 Å². The molecule has 0 radical (unpaired) electrons. The van der Waals surface area contributed by atoms with Gasteiger partial charge in [-0.1, -0.05) is 37.3 Å². The molecule has 0 aromatic heterocycles. The lowest BCUT2D eigenvalue weighted by molar-refractivity contribution is -0.151. The van der Waals surface area contributed by atoms with Gasteiger partial charge in [-0.15, -0.1) is 0 Å². The van der Waals surface area contributed by atoms with Crippen molar-refractivity contribution in [1.29, 1.82) is 0 Å². The molecule has 0 bridgehead atoms. The van der Waals surface area contributed by atoms with E-state index in [4.69, 9.17) is 14.2 Å². The van der Waals surface area contributed by atoms with Crippen molar-refractivity contribution in [1.82, 2.24) is 5.32 Å². The molecule has 0 saturated heterocycles. The highest BCUT2D eigenvalue weighted by molar-refractivity contribution is 5.75. The molecule has 3 atom stereocenters. The summed E-state index contributed by atoms with van der Waals surface area (Å²) in [5.41, 5.74) is 3.04. The Kier molecular flexibility index (Phi) is 6.54. The zero-order valence-corrected chi connectivity index (χ0v) is 16.5. The molecular weight excluding hydrogens is 358 g/mol. The van der Waals surface area contributed by atoms with Crippen molar-refractivity contribution in [2.75, 3.05) is 20.3 Å². The minimum absolute atomic E-state index is 0.0610. The van der Waals surface area contributed by atoms with Crippen LogP contribution in [0, 0.1) is 6.92 Å². The van der Waals surface area contributed by atoms with Gasteiger partial charge in [-0.3, -0.25) is 0 Å². The fourth-order valence-electron chi connectivity index (χ4n) is 3.37. The van der Waals surface area contributed by atoms with Gasteiger partial charge >= 0.3 is 5.97 Å². The maximum Gasteiger partial charge on any atom is 0.350 e. The fraction of sp³-hybridized carbons (Fsp3) is 0.409. The van der Waals surface area contributed by atoms with Gasteiger partial charge in [0.2, 0.25) is 6.10 Å². The van der Waals surface area contributed by atoms with E-state index < -0.39 is 18.2 Å². The second-order valence-electron chi connectivity index (χ2n) is 6.89. The van der Waals surface area contributed by atoms with Crippen molar-refractivity contribution in [3.63, 3.8) is 0 Å². The first-order chi connectivity index (χ1) is 13.5. The monoisotopic (exact) mass is 385 g/mol. The Morgan fingerprint density at radius 1 is 1.29 bits per heavy atom. The number of nitrogens with one attached hydrogen (secondary N) is 1. The number of aliphatic hydroxyl groups excluding tert-OH is 1. The third kappa shape index (κ3) is 4.46. The van der Waals surface area contributed by atoms with Gasteiger partial charge < -0.3 is 24.6 Å². The van der Waals surface area contributed by atoms with Gasteiger partial charge in [-0.05, 0) is 42.2 Å². The summed E-state index contributed by atoms with van der Waals surface area (Å²) in [7, 11) is 1.33. The average molecular weight is 385 g/mol. The van der Waals surface area contributed by atoms with Gasteiger partial charge in [0, 0.05) is 12.6 Å². The molecule has 0 spiro atoms. The van der Waals surface area contributed by atoms with Crippen molar-refractivity contribution >= 4 is 5.97 Å². The van der Waals surface area contributed by atoms with Crippen LogP contribution < -0.4 is 14.8 Å². The molecule has 0 fully saturated rings. The van der Waals surface area contributed by atoms with Crippen molar-refractivity contribution in [2.45, 2.75) is 38.5 Å². The molecule has 3 rings (SSSR count). The number of aliphatic hydroxyl groups is 1. The number of rotatable bonds is 7. The normalized spacial score (nSPS) is 17.6. The first-order valence-corrected chi connectivity index (χ1v) is 9.51. The van der Waals surface area contributed by atoms with Crippen LogP contribution in [0.1, 0.15) is 42.2 Å². The number of methoxy groups -OCH3 is 1. The summed E-state index contributed by atoms with van der Waals surface area (Å²) in [4.78, 5) is 11.6. The molecule has 6 heteroatoms. The second kappa shape index (κ2) is 9.08. The smallest absolute Gasteiger partial charge is 0.350 e. The second-order valence-corrected chi connectivity index (χ2v) is 6.89. The van der Waals surface area contributed by atoms with Crippen LogP contribution in [-0.4, -0.2) is 37.4 Å². The predicted molar refractivity (Wildman–Crippen MR) is 106 cm³/mol. The summed E-state index contributed by atoms with van der Waals surface area (Å²) >= 11 is 0. The Morgan fingerprint density at radius 2 is 2.07 bits per heavy atom. The summed E-state index contributed by atoms with van der Waals surface area (Å²) in [5.74, 6) is 0.686. The van der Waals surface area contributed by atoms with Gasteiger partial charge in [0.05, 0.1) is 13.2 Å². The molecule has 6 nitrogen and oxygen atoms in total. The number of benzene rings is 2. The largest absolute Gasteiger partial charge is 0.485 e. The molecule has 1 aliphatic heterocycles. The van der Waals surface area contributed by atoms with Crippen LogP contribution in [0.2, 0.25) is 0 Å². The van der Waals surface area contributed by atoms with E-state index in [2.05, 4.69) is 12.2 Å². The van der Waals surface area contributed by atoms with Crippen LogP contribution in [0.3, 0.4) is 0 Å². The van der Waals surface area contributed by atoms with E-state index in [0.717, 1.165) is 23.1 Å².